The molecule has 0 saturated carbocycles. The van der Waals surface area contributed by atoms with Gasteiger partial charge in [0.1, 0.15) is 48.6 Å². The molecule has 10 heteroatoms. The van der Waals surface area contributed by atoms with Crippen molar-refractivity contribution in [2.45, 2.75) is 49.7 Å². The lowest BCUT2D eigenvalue weighted by molar-refractivity contribution is -0.277. The van der Waals surface area contributed by atoms with Gasteiger partial charge in [0.05, 0.1) is 20.3 Å². The first-order chi connectivity index (χ1) is 16.9. The van der Waals surface area contributed by atoms with E-state index in [1.54, 1.807) is 12.1 Å². The van der Waals surface area contributed by atoms with Crippen molar-refractivity contribution in [2.75, 3.05) is 26.9 Å². The number of carbonyl (C=O) groups is 1. The van der Waals surface area contributed by atoms with Crippen LogP contribution in [-0.2, 0) is 25.4 Å². The predicted octanol–water partition coefficient (Wildman–Crippen LogP) is 1.41. The molecule has 35 heavy (non-hydrogen) atoms. The number of ether oxygens (including phenoxy) is 6. The lowest BCUT2D eigenvalue weighted by atomic mass is 9.99. The largest absolute Gasteiger partial charge is 0.508 e. The Morgan fingerprint density at radius 1 is 1.00 bits per heavy atom. The number of benzene rings is 2. The minimum Gasteiger partial charge on any atom is -0.488 e. The lowest BCUT2D eigenvalue weighted by Crippen LogP contribution is -2.60. The highest BCUT2D eigenvalue weighted by Gasteiger charge is 2.45. The third-order valence-corrected chi connectivity index (χ3v) is 5.92. The summed E-state index contributed by atoms with van der Waals surface area (Å²) >= 11 is 0. The van der Waals surface area contributed by atoms with Gasteiger partial charge < -0.3 is 43.7 Å². The van der Waals surface area contributed by atoms with Crippen LogP contribution in [0.5, 0.6) is 11.5 Å². The van der Waals surface area contributed by atoms with Crippen LogP contribution in [0.1, 0.15) is 17.5 Å². The summed E-state index contributed by atoms with van der Waals surface area (Å²) in [7, 11) is 1.15. The highest BCUT2D eigenvalue weighted by atomic mass is 16.7. The summed E-state index contributed by atoms with van der Waals surface area (Å²) in [4.78, 5) is 11.3. The van der Waals surface area contributed by atoms with Gasteiger partial charge in [-0.05, 0) is 29.3 Å². The van der Waals surface area contributed by atoms with Gasteiger partial charge in [0.25, 0.3) is 0 Å². The zero-order valence-electron chi connectivity index (χ0n) is 19.3. The topological polar surface area (TPSA) is 133 Å². The maximum Gasteiger partial charge on any atom is 0.508 e. The third-order valence-electron chi connectivity index (χ3n) is 5.92. The molecule has 2 aromatic rings. The van der Waals surface area contributed by atoms with Crippen LogP contribution in [0, 0.1) is 0 Å². The summed E-state index contributed by atoms with van der Waals surface area (Å²) in [6.07, 6.45) is -6.47. The molecule has 4 rings (SSSR count). The van der Waals surface area contributed by atoms with Crippen molar-refractivity contribution >= 4 is 6.16 Å². The van der Waals surface area contributed by atoms with E-state index in [4.69, 9.17) is 23.7 Å². The van der Waals surface area contributed by atoms with Crippen molar-refractivity contribution in [3.05, 3.63) is 59.7 Å². The number of carbonyl (C=O) groups excluding carboxylic acids is 1. The first-order valence-corrected chi connectivity index (χ1v) is 11.4. The van der Waals surface area contributed by atoms with Crippen molar-refractivity contribution in [2.24, 2.45) is 0 Å². The molecule has 3 N–H and O–H groups in total. The second-order valence-electron chi connectivity index (χ2n) is 8.43. The molecule has 0 unspecified atom stereocenters. The van der Waals surface area contributed by atoms with Crippen LogP contribution in [0.4, 0.5) is 4.79 Å². The molecule has 0 amide bonds. The van der Waals surface area contributed by atoms with Crippen molar-refractivity contribution in [1.82, 2.24) is 0 Å². The quantitative estimate of drug-likeness (QED) is 0.467. The van der Waals surface area contributed by atoms with Gasteiger partial charge in [-0.25, -0.2) is 4.79 Å². The van der Waals surface area contributed by atoms with Crippen LogP contribution < -0.4 is 9.47 Å². The molecule has 0 bridgehead atoms. The van der Waals surface area contributed by atoms with Crippen LogP contribution in [0.15, 0.2) is 48.5 Å². The van der Waals surface area contributed by atoms with Gasteiger partial charge in [-0.3, -0.25) is 0 Å². The minimum absolute atomic E-state index is 0.0765. The van der Waals surface area contributed by atoms with E-state index in [0.717, 1.165) is 30.4 Å². The van der Waals surface area contributed by atoms with E-state index in [2.05, 4.69) is 4.74 Å². The summed E-state index contributed by atoms with van der Waals surface area (Å²) in [5.41, 5.74) is 1.84. The molecule has 0 aromatic heterocycles. The van der Waals surface area contributed by atoms with Crippen LogP contribution in [0.25, 0.3) is 0 Å². The molecular weight excluding hydrogens is 460 g/mol. The number of methoxy groups -OCH3 is 1. The summed E-state index contributed by atoms with van der Waals surface area (Å²) in [6.45, 7) is 0.928. The molecule has 2 heterocycles. The minimum atomic E-state index is -1.56. The van der Waals surface area contributed by atoms with Gasteiger partial charge in [0.2, 0.25) is 6.29 Å². The molecule has 190 valence electrons. The molecule has 6 atom stereocenters. The van der Waals surface area contributed by atoms with Crippen LogP contribution >= 0.6 is 0 Å². The fourth-order valence-corrected chi connectivity index (χ4v) is 3.95. The van der Waals surface area contributed by atoms with Crippen LogP contribution in [-0.4, -0.2) is 85.2 Å². The maximum atomic E-state index is 11.3. The lowest BCUT2D eigenvalue weighted by Gasteiger charge is -2.40. The van der Waals surface area contributed by atoms with E-state index in [0.29, 0.717) is 25.4 Å². The van der Waals surface area contributed by atoms with Crippen LogP contribution in [0.2, 0.25) is 0 Å². The zero-order valence-corrected chi connectivity index (χ0v) is 19.3. The molecule has 2 fully saturated rings. The van der Waals surface area contributed by atoms with Crippen molar-refractivity contribution < 1.29 is 48.5 Å². The van der Waals surface area contributed by atoms with E-state index in [9.17, 15) is 20.1 Å². The highest BCUT2D eigenvalue weighted by Crippen LogP contribution is 2.29. The molecule has 2 aliphatic rings. The monoisotopic (exact) mass is 490 g/mol. The Morgan fingerprint density at radius 2 is 1.77 bits per heavy atom. The van der Waals surface area contributed by atoms with E-state index in [1.165, 1.54) is 0 Å². The van der Waals surface area contributed by atoms with Gasteiger partial charge in [-0.15, -0.1) is 0 Å². The summed E-state index contributed by atoms with van der Waals surface area (Å²) in [5.74, 6) is 1.22. The average molecular weight is 491 g/mol. The first kappa shape index (κ1) is 25.2. The number of hydrogen-bond acceptors (Lipinski definition) is 10. The number of para-hydroxylation sites is 1. The summed E-state index contributed by atoms with van der Waals surface area (Å²) in [5, 5.41) is 30.9. The van der Waals surface area contributed by atoms with Crippen LogP contribution in [0.3, 0.4) is 0 Å². The predicted molar refractivity (Wildman–Crippen MR) is 121 cm³/mol. The molecule has 0 aliphatic carbocycles. The molecule has 10 nitrogen and oxygen atoms in total. The number of aliphatic hydroxyl groups is 3. The second kappa shape index (κ2) is 11.7. The molecular formula is C25H30O10. The molecule has 2 saturated heterocycles. The van der Waals surface area contributed by atoms with Crippen molar-refractivity contribution in [3.63, 3.8) is 0 Å². The number of rotatable bonds is 8. The fourth-order valence-electron chi connectivity index (χ4n) is 3.95. The molecule has 2 aromatic carbocycles. The Balaban J connectivity index is 1.42. The maximum absolute atomic E-state index is 11.3. The van der Waals surface area contributed by atoms with E-state index < -0.39 is 36.9 Å². The Bertz CT molecular complexity index is 959. The number of hydrogen-bond donors (Lipinski definition) is 3. The molecule has 0 radical (unpaired) electrons. The SMILES string of the molecule is COC(=O)OC[C@H]1O[C@@H](Oc2ccccc2Cc2ccc(O[C@H]3CCOC3)cc2)[C@H](O)[C@@H](O)[C@@H]1O. The zero-order chi connectivity index (χ0) is 24.8. The molecule has 2 aliphatic heterocycles. The van der Waals surface area contributed by atoms with Gasteiger partial charge in [-0.1, -0.05) is 30.3 Å². The Morgan fingerprint density at radius 3 is 2.49 bits per heavy atom. The van der Waals surface area contributed by atoms with Gasteiger partial charge in [-0.2, -0.15) is 0 Å². The van der Waals surface area contributed by atoms with E-state index in [-0.39, 0.29) is 12.7 Å². The van der Waals surface area contributed by atoms with Gasteiger partial charge >= 0.3 is 6.16 Å². The standard InChI is InChI=1S/C25H30O10/c1-30-25(29)32-14-20-21(26)22(27)23(28)24(35-20)34-19-5-3-2-4-16(19)12-15-6-8-17(9-7-15)33-18-10-11-31-13-18/h2-9,18,20-24,26-28H,10-14H2,1H3/t18-,20+,21+,22-,23+,24+/m0/s1. The summed E-state index contributed by atoms with van der Waals surface area (Å²) < 4.78 is 32.0. The summed E-state index contributed by atoms with van der Waals surface area (Å²) in [6, 6.07) is 15.0. The fraction of sp³-hybridized carbons (Fsp3) is 0.480. The Hall–Kier alpha value is -2.89. The van der Waals surface area contributed by atoms with Crippen molar-refractivity contribution in [1.29, 1.82) is 0 Å². The Kier molecular flexibility index (Phi) is 8.42. The Labute approximate surface area is 202 Å². The highest BCUT2D eigenvalue weighted by molar-refractivity contribution is 5.59. The van der Waals surface area contributed by atoms with Crippen molar-refractivity contribution in [3.8, 4) is 11.5 Å². The van der Waals surface area contributed by atoms with E-state index in [1.807, 2.05) is 36.4 Å². The number of aliphatic hydroxyl groups excluding tert-OH is 3. The second-order valence-corrected chi connectivity index (χ2v) is 8.43. The average Bonchev–Trinajstić information content (AvgIpc) is 3.38. The van der Waals surface area contributed by atoms with E-state index >= 15 is 0 Å². The third kappa shape index (κ3) is 6.41. The first-order valence-electron chi connectivity index (χ1n) is 11.4. The van der Waals surface area contributed by atoms with Gasteiger partial charge in [0.15, 0.2) is 0 Å². The van der Waals surface area contributed by atoms with Gasteiger partial charge in [0, 0.05) is 12.8 Å². The smallest absolute Gasteiger partial charge is 0.488 e. The molecule has 0 spiro atoms. The normalized spacial score (nSPS) is 28.3.